The van der Waals surface area contributed by atoms with Crippen molar-refractivity contribution in [3.8, 4) is 11.5 Å². The van der Waals surface area contributed by atoms with E-state index in [9.17, 15) is 9.90 Å². The van der Waals surface area contributed by atoms with Gasteiger partial charge in [0.2, 0.25) is 0 Å². The Morgan fingerprint density at radius 1 is 1.23 bits per heavy atom. The number of likely N-dealkylation sites (N-methyl/N-ethyl adjacent to an activating group) is 1. The predicted molar refractivity (Wildman–Crippen MR) is 85.7 cm³/mol. The Labute approximate surface area is 133 Å². The van der Waals surface area contributed by atoms with Crippen molar-refractivity contribution < 1.29 is 14.6 Å². The molecule has 3 rings (SSSR count). The lowest BCUT2D eigenvalue weighted by Crippen LogP contribution is -2.46. The number of fused-ring (bicyclic) bond motifs is 1. The first-order valence-corrected chi connectivity index (χ1v) is 7.51. The predicted octanol–water partition coefficient (Wildman–Crippen LogP) is 3.40. The minimum atomic E-state index is -0.571. The Bertz CT molecular complexity index is 700. The van der Waals surface area contributed by atoms with Gasteiger partial charge in [0, 0.05) is 24.1 Å². The van der Waals surface area contributed by atoms with Gasteiger partial charge in [-0.25, -0.2) is 0 Å². The Hall–Kier alpha value is -2.20. The number of carbonyl (C=O) groups is 1. The van der Waals surface area contributed by atoms with Gasteiger partial charge in [-0.3, -0.25) is 4.79 Å². The summed E-state index contributed by atoms with van der Waals surface area (Å²) in [6.07, 6.45) is -0.0922. The zero-order chi connectivity index (χ0) is 15.7. The maximum Gasteiger partial charge on any atom is 0.268 e. The monoisotopic (exact) mass is 317 g/mol. The van der Waals surface area contributed by atoms with Crippen LogP contribution in [0.1, 0.15) is 12.5 Å². The van der Waals surface area contributed by atoms with Gasteiger partial charge in [0.15, 0.2) is 6.10 Å². The molecule has 5 heteroatoms. The highest BCUT2D eigenvalue weighted by atomic mass is 35.5. The second kappa shape index (κ2) is 5.89. The van der Waals surface area contributed by atoms with Crippen molar-refractivity contribution in [2.75, 3.05) is 11.4 Å². The number of anilines is 1. The van der Waals surface area contributed by atoms with E-state index in [1.807, 2.05) is 19.1 Å². The summed E-state index contributed by atoms with van der Waals surface area (Å²) in [5, 5.41) is 10.3. The van der Waals surface area contributed by atoms with Crippen LogP contribution >= 0.6 is 11.6 Å². The fraction of sp³-hybridized carbons (Fsp3) is 0.235. The lowest BCUT2D eigenvalue weighted by atomic mass is 10.0. The van der Waals surface area contributed by atoms with Crippen LogP contribution in [0.2, 0.25) is 5.02 Å². The standard InChI is InChI=1S/C17H16ClNO3/c1-2-19-14-10-13(20)7-8-15(14)22-16(17(19)21)9-11-3-5-12(18)6-4-11/h3-8,10,16,20H,2,9H2,1H3. The summed E-state index contributed by atoms with van der Waals surface area (Å²) >= 11 is 5.88. The number of phenols is 1. The fourth-order valence-corrected chi connectivity index (χ4v) is 2.73. The second-order valence-corrected chi connectivity index (χ2v) is 5.61. The average molecular weight is 318 g/mol. The highest BCUT2D eigenvalue weighted by Gasteiger charge is 2.33. The van der Waals surface area contributed by atoms with E-state index in [2.05, 4.69) is 0 Å². The molecule has 2 aromatic rings. The van der Waals surface area contributed by atoms with E-state index in [0.717, 1.165) is 5.56 Å². The van der Waals surface area contributed by atoms with Crippen LogP contribution in [0, 0.1) is 0 Å². The summed E-state index contributed by atoms with van der Waals surface area (Å²) in [6, 6.07) is 12.2. The lowest BCUT2D eigenvalue weighted by molar-refractivity contribution is -0.126. The van der Waals surface area contributed by atoms with Gasteiger partial charge >= 0.3 is 0 Å². The molecule has 4 nitrogen and oxygen atoms in total. The van der Waals surface area contributed by atoms with Crippen LogP contribution in [0.3, 0.4) is 0 Å². The molecule has 2 aromatic carbocycles. The van der Waals surface area contributed by atoms with Crippen molar-refractivity contribution >= 4 is 23.2 Å². The maximum atomic E-state index is 12.6. The van der Waals surface area contributed by atoms with Gasteiger partial charge < -0.3 is 14.7 Å². The molecule has 0 bridgehead atoms. The Morgan fingerprint density at radius 3 is 2.64 bits per heavy atom. The van der Waals surface area contributed by atoms with E-state index >= 15 is 0 Å². The number of carbonyl (C=O) groups excluding carboxylic acids is 1. The molecular formula is C17H16ClNO3. The second-order valence-electron chi connectivity index (χ2n) is 5.17. The zero-order valence-electron chi connectivity index (χ0n) is 12.1. The van der Waals surface area contributed by atoms with E-state index in [0.29, 0.717) is 29.4 Å². The molecule has 114 valence electrons. The van der Waals surface area contributed by atoms with Gasteiger partial charge in [-0.1, -0.05) is 23.7 Å². The number of hydrogen-bond acceptors (Lipinski definition) is 3. The van der Waals surface area contributed by atoms with Gasteiger partial charge in [0.25, 0.3) is 5.91 Å². The van der Waals surface area contributed by atoms with E-state index in [4.69, 9.17) is 16.3 Å². The third kappa shape index (κ3) is 2.74. The number of benzene rings is 2. The van der Waals surface area contributed by atoms with Crippen molar-refractivity contribution in [1.29, 1.82) is 0 Å². The largest absolute Gasteiger partial charge is 0.508 e. The van der Waals surface area contributed by atoms with E-state index in [-0.39, 0.29) is 11.7 Å². The molecule has 1 aliphatic heterocycles. The first-order chi connectivity index (χ1) is 10.6. The van der Waals surface area contributed by atoms with Gasteiger partial charge in [0.05, 0.1) is 5.69 Å². The van der Waals surface area contributed by atoms with Crippen molar-refractivity contribution in [2.45, 2.75) is 19.4 Å². The Balaban J connectivity index is 1.89. The SMILES string of the molecule is CCN1C(=O)C(Cc2ccc(Cl)cc2)Oc2ccc(O)cc21. The molecule has 0 radical (unpaired) electrons. The van der Waals surface area contributed by atoms with E-state index in [1.54, 1.807) is 35.2 Å². The number of hydrogen-bond donors (Lipinski definition) is 1. The highest BCUT2D eigenvalue weighted by Crippen LogP contribution is 2.37. The molecular weight excluding hydrogens is 302 g/mol. The van der Waals surface area contributed by atoms with Crippen LogP contribution in [0.5, 0.6) is 11.5 Å². The quantitative estimate of drug-likeness (QED) is 0.944. The minimum Gasteiger partial charge on any atom is -0.508 e. The number of rotatable bonds is 3. The first-order valence-electron chi connectivity index (χ1n) is 7.14. The van der Waals surface area contributed by atoms with Gasteiger partial charge in [0.1, 0.15) is 11.5 Å². The molecule has 1 unspecified atom stereocenters. The van der Waals surface area contributed by atoms with Gasteiger partial charge in [-0.15, -0.1) is 0 Å². The van der Waals surface area contributed by atoms with Gasteiger partial charge in [-0.05, 0) is 36.8 Å². The Kier molecular flexibility index (Phi) is 3.94. The number of halogens is 1. The number of aromatic hydroxyl groups is 1. The van der Waals surface area contributed by atoms with Crippen LogP contribution in [-0.4, -0.2) is 23.7 Å². The lowest BCUT2D eigenvalue weighted by Gasteiger charge is -2.33. The topological polar surface area (TPSA) is 49.8 Å². The number of amides is 1. The first kappa shape index (κ1) is 14.7. The molecule has 0 fully saturated rings. The summed E-state index contributed by atoms with van der Waals surface area (Å²) < 4.78 is 5.83. The van der Waals surface area contributed by atoms with Crippen molar-refractivity contribution in [2.24, 2.45) is 0 Å². The fourth-order valence-electron chi connectivity index (χ4n) is 2.60. The zero-order valence-corrected chi connectivity index (χ0v) is 12.9. The normalized spacial score (nSPS) is 17.1. The molecule has 1 heterocycles. The van der Waals surface area contributed by atoms with Crippen LogP contribution in [0.4, 0.5) is 5.69 Å². The molecule has 0 aromatic heterocycles. The van der Waals surface area contributed by atoms with Gasteiger partial charge in [-0.2, -0.15) is 0 Å². The molecule has 1 N–H and O–H groups in total. The van der Waals surface area contributed by atoms with Crippen LogP contribution in [0.15, 0.2) is 42.5 Å². The summed E-state index contributed by atoms with van der Waals surface area (Å²) in [6.45, 7) is 2.42. The summed E-state index contributed by atoms with van der Waals surface area (Å²) in [5.41, 5.74) is 1.60. The van der Waals surface area contributed by atoms with Crippen LogP contribution in [0.25, 0.3) is 0 Å². The Morgan fingerprint density at radius 2 is 1.95 bits per heavy atom. The van der Waals surface area contributed by atoms with E-state index < -0.39 is 6.10 Å². The third-order valence-corrected chi connectivity index (χ3v) is 3.95. The molecule has 0 saturated heterocycles. The molecule has 0 aliphatic carbocycles. The molecule has 0 spiro atoms. The molecule has 1 atom stereocenters. The third-order valence-electron chi connectivity index (χ3n) is 3.69. The van der Waals surface area contributed by atoms with Crippen molar-refractivity contribution in [1.82, 2.24) is 0 Å². The molecule has 1 amide bonds. The number of nitrogens with zero attached hydrogens (tertiary/aromatic N) is 1. The maximum absolute atomic E-state index is 12.6. The summed E-state index contributed by atoms with van der Waals surface area (Å²) in [4.78, 5) is 14.2. The van der Waals surface area contributed by atoms with Crippen molar-refractivity contribution in [3.63, 3.8) is 0 Å². The van der Waals surface area contributed by atoms with Crippen molar-refractivity contribution in [3.05, 3.63) is 53.1 Å². The van der Waals surface area contributed by atoms with E-state index in [1.165, 1.54) is 0 Å². The molecule has 22 heavy (non-hydrogen) atoms. The summed E-state index contributed by atoms with van der Waals surface area (Å²) in [5.74, 6) is 0.624. The smallest absolute Gasteiger partial charge is 0.268 e. The summed E-state index contributed by atoms with van der Waals surface area (Å²) in [7, 11) is 0. The number of phenolic OH excluding ortho intramolecular Hbond substituents is 1. The molecule has 0 saturated carbocycles. The van der Waals surface area contributed by atoms with Crippen LogP contribution in [-0.2, 0) is 11.2 Å². The highest BCUT2D eigenvalue weighted by molar-refractivity contribution is 6.30. The average Bonchev–Trinajstić information content (AvgIpc) is 2.51. The van der Waals surface area contributed by atoms with Crippen LogP contribution < -0.4 is 9.64 Å². The number of ether oxygens (including phenoxy) is 1. The minimum absolute atomic E-state index is 0.101. The molecule has 1 aliphatic rings.